The van der Waals surface area contributed by atoms with Crippen LogP contribution in [-0.4, -0.2) is 47.5 Å². The van der Waals surface area contributed by atoms with Gasteiger partial charge in [0.1, 0.15) is 11.6 Å². The molecule has 1 saturated heterocycles. The molecule has 0 N–H and O–H groups in total. The second kappa shape index (κ2) is 6.85. The monoisotopic (exact) mass is 318 g/mol. The number of anilines is 1. The minimum absolute atomic E-state index is 0.224. The SMILES string of the molecule is Cc1cc(N2CCC(CN(C)C(=O)C(C)(C)C)CC2)nc(C)n1. The van der Waals surface area contributed by atoms with Crippen molar-refractivity contribution in [3.63, 3.8) is 0 Å². The van der Waals surface area contributed by atoms with Crippen molar-refractivity contribution in [2.75, 3.05) is 31.6 Å². The van der Waals surface area contributed by atoms with Crippen LogP contribution in [0.15, 0.2) is 6.07 Å². The normalized spacial score (nSPS) is 16.5. The van der Waals surface area contributed by atoms with Gasteiger partial charge in [-0.3, -0.25) is 4.79 Å². The third-order valence-electron chi connectivity index (χ3n) is 4.41. The molecule has 1 aliphatic rings. The molecule has 1 aromatic rings. The summed E-state index contributed by atoms with van der Waals surface area (Å²) < 4.78 is 0. The number of rotatable bonds is 3. The smallest absolute Gasteiger partial charge is 0.227 e. The van der Waals surface area contributed by atoms with Crippen LogP contribution in [0.2, 0.25) is 0 Å². The van der Waals surface area contributed by atoms with Gasteiger partial charge in [-0.25, -0.2) is 9.97 Å². The molecule has 0 aromatic carbocycles. The first-order chi connectivity index (χ1) is 10.7. The molecule has 128 valence electrons. The van der Waals surface area contributed by atoms with Crippen molar-refractivity contribution in [3.05, 3.63) is 17.6 Å². The summed E-state index contributed by atoms with van der Waals surface area (Å²) >= 11 is 0. The van der Waals surface area contributed by atoms with E-state index in [-0.39, 0.29) is 11.3 Å². The molecule has 2 heterocycles. The van der Waals surface area contributed by atoms with Gasteiger partial charge in [0.15, 0.2) is 0 Å². The summed E-state index contributed by atoms with van der Waals surface area (Å²) in [4.78, 5) is 25.4. The zero-order valence-electron chi connectivity index (χ0n) is 15.4. The van der Waals surface area contributed by atoms with Gasteiger partial charge < -0.3 is 9.80 Å². The average molecular weight is 318 g/mol. The highest BCUT2D eigenvalue weighted by molar-refractivity contribution is 5.81. The summed E-state index contributed by atoms with van der Waals surface area (Å²) in [6, 6.07) is 2.06. The zero-order valence-corrected chi connectivity index (χ0v) is 15.4. The Morgan fingerprint density at radius 2 is 1.87 bits per heavy atom. The van der Waals surface area contributed by atoms with Gasteiger partial charge in [0, 0.05) is 43.9 Å². The van der Waals surface area contributed by atoms with Crippen LogP contribution in [0, 0.1) is 25.2 Å². The maximum atomic E-state index is 12.3. The van der Waals surface area contributed by atoms with Crippen LogP contribution >= 0.6 is 0 Å². The van der Waals surface area contributed by atoms with Crippen LogP contribution in [0.3, 0.4) is 0 Å². The second-order valence-corrected chi connectivity index (χ2v) is 7.78. The Hall–Kier alpha value is -1.65. The third kappa shape index (κ3) is 4.66. The Bertz CT molecular complexity index is 536. The van der Waals surface area contributed by atoms with Crippen molar-refractivity contribution in [1.82, 2.24) is 14.9 Å². The molecule has 1 fully saturated rings. The van der Waals surface area contributed by atoms with E-state index in [2.05, 4.69) is 20.9 Å². The molecule has 1 amide bonds. The van der Waals surface area contributed by atoms with Gasteiger partial charge in [0.25, 0.3) is 0 Å². The first kappa shape index (κ1) is 17.7. The molecule has 5 heteroatoms. The van der Waals surface area contributed by atoms with Gasteiger partial charge in [-0.15, -0.1) is 0 Å². The summed E-state index contributed by atoms with van der Waals surface area (Å²) in [5.74, 6) is 2.67. The summed E-state index contributed by atoms with van der Waals surface area (Å²) in [6.45, 7) is 12.7. The molecule has 0 saturated carbocycles. The van der Waals surface area contributed by atoms with Gasteiger partial charge in [-0.05, 0) is 32.6 Å². The number of aryl methyl sites for hydroxylation is 2. The van der Waals surface area contributed by atoms with Crippen molar-refractivity contribution < 1.29 is 4.79 Å². The number of amides is 1. The molecule has 1 aromatic heterocycles. The predicted octanol–water partition coefficient (Wildman–Crippen LogP) is 2.81. The van der Waals surface area contributed by atoms with Crippen LogP contribution in [0.1, 0.15) is 45.1 Å². The Morgan fingerprint density at radius 3 is 2.39 bits per heavy atom. The van der Waals surface area contributed by atoms with Crippen molar-refractivity contribution in [2.45, 2.75) is 47.5 Å². The molecule has 23 heavy (non-hydrogen) atoms. The van der Waals surface area contributed by atoms with Crippen LogP contribution in [0.25, 0.3) is 0 Å². The van der Waals surface area contributed by atoms with E-state index in [0.717, 1.165) is 49.8 Å². The second-order valence-electron chi connectivity index (χ2n) is 7.78. The third-order valence-corrected chi connectivity index (χ3v) is 4.41. The lowest BCUT2D eigenvalue weighted by Gasteiger charge is -2.36. The van der Waals surface area contributed by atoms with Crippen molar-refractivity contribution in [1.29, 1.82) is 0 Å². The van der Waals surface area contributed by atoms with E-state index in [1.165, 1.54) is 0 Å². The molecule has 5 nitrogen and oxygen atoms in total. The number of piperidine rings is 1. The highest BCUT2D eigenvalue weighted by Gasteiger charge is 2.28. The summed E-state index contributed by atoms with van der Waals surface area (Å²) in [6.07, 6.45) is 2.20. The lowest BCUT2D eigenvalue weighted by molar-refractivity contribution is -0.138. The number of hydrogen-bond acceptors (Lipinski definition) is 4. The summed E-state index contributed by atoms with van der Waals surface area (Å²) in [5, 5.41) is 0. The van der Waals surface area contributed by atoms with Crippen LogP contribution in [0.4, 0.5) is 5.82 Å². The first-order valence-corrected chi connectivity index (χ1v) is 8.49. The van der Waals surface area contributed by atoms with Crippen molar-refractivity contribution in [2.24, 2.45) is 11.3 Å². The maximum absolute atomic E-state index is 12.3. The zero-order chi connectivity index (χ0) is 17.2. The molecule has 0 atom stereocenters. The number of carbonyl (C=O) groups excluding carboxylic acids is 1. The molecule has 0 aliphatic carbocycles. The van der Waals surface area contributed by atoms with E-state index in [1.807, 2.05) is 46.6 Å². The topological polar surface area (TPSA) is 49.3 Å². The minimum Gasteiger partial charge on any atom is -0.356 e. The van der Waals surface area contributed by atoms with Crippen LogP contribution in [-0.2, 0) is 4.79 Å². The van der Waals surface area contributed by atoms with Gasteiger partial charge in [-0.2, -0.15) is 0 Å². The fraction of sp³-hybridized carbons (Fsp3) is 0.722. The van der Waals surface area contributed by atoms with Gasteiger partial charge >= 0.3 is 0 Å². The molecule has 2 rings (SSSR count). The Labute approximate surface area is 140 Å². The highest BCUT2D eigenvalue weighted by Crippen LogP contribution is 2.24. The number of aromatic nitrogens is 2. The van der Waals surface area contributed by atoms with Gasteiger partial charge in [0.05, 0.1) is 0 Å². The fourth-order valence-corrected chi connectivity index (χ4v) is 3.25. The molecule has 1 aliphatic heterocycles. The Morgan fingerprint density at radius 1 is 1.26 bits per heavy atom. The molecule has 0 unspecified atom stereocenters. The van der Waals surface area contributed by atoms with Crippen molar-refractivity contribution >= 4 is 11.7 Å². The van der Waals surface area contributed by atoms with E-state index < -0.39 is 0 Å². The Kier molecular flexibility index (Phi) is 5.27. The van der Waals surface area contributed by atoms with E-state index in [1.54, 1.807) is 0 Å². The maximum Gasteiger partial charge on any atom is 0.227 e. The van der Waals surface area contributed by atoms with Crippen molar-refractivity contribution in [3.8, 4) is 0 Å². The van der Waals surface area contributed by atoms with Crippen LogP contribution < -0.4 is 4.90 Å². The first-order valence-electron chi connectivity index (χ1n) is 8.49. The van der Waals surface area contributed by atoms with E-state index in [9.17, 15) is 4.79 Å². The number of carbonyl (C=O) groups is 1. The highest BCUT2D eigenvalue weighted by atomic mass is 16.2. The van der Waals surface area contributed by atoms with E-state index in [4.69, 9.17) is 0 Å². The van der Waals surface area contributed by atoms with E-state index >= 15 is 0 Å². The quantitative estimate of drug-likeness (QED) is 0.860. The number of nitrogens with zero attached hydrogens (tertiary/aromatic N) is 4. The molecular weight excluding hydrogens is 288 g/mol. The summed E-state index contributed by atoms with van der Waals surface area (Å²) in [5.41, 5.74) is 0.719. The predicted molar refractivity (Wildman–Crippen MR) is 93.5 cm³/mol. The molecule has 0 bridgehead atoms. The Balaban J connectivity index is 1.90. The fourth-order valence-electron chi connectivity index (χ4n) is 3.25. The summed E-state index contributed by atoms with van der Waals surface area (Å²) in [7, 11) is 1.93. The standard InChI is InChI=1S/C18H30N4O/c1-13-11-16(20-14(2)19-13)22-9-7-15(8-10-22)12-21(6)17(23)18(3,4)5/h11,15H,7-10,12H2,1-6H3. The lowest BCUT2D eigenvalue weighted by atomic mass is 9.92. The molecule has 0 radical (unpaired) electrons. The lowest BCUT2D eigenvalue weighted by Crippen LogP contribution is -2.43. The molecular formula is C18H30N4O. The largest absolute Gasteiger partial charge is 0.356 e. The number of hydrogen-bond donors (Lipinski definition) is 0. The minimum atomic E-state index is -0.300. The van der Waals surface area contributed by atoms with Gasteiger partial charge in [0.2, 0.25) is 5.91 Å². The average Bonchev–Trinajstić information content (AvgIpc) is 2.45. The van der Waals surface area contributed by atoms with Gasteiger partial charge in [-0.1, -0.05) is 20.8 Å². The molecule has 0 spiro atoms. The van der Waals surface area contributed by atoms with Crippen LogP contribution in [0.5, 0.6) is 0 Å². The van der Waals surface area contributed by atoms with E-state index in [0.29, 0.717) is 5.92 Å².